The van der Waals surface area contributed by atoms with Gasteiger partial charge in [0.05, 0.1) is 12.8 Å². The van der Waals surface area contributed by atoms with Gasteiger partial charge in [-0.05, 0) is 31.7 Å². The molecule has 2 rings (SSSR count). The summed E-state index contributed by atoms with van der Waals surface area (Å²) in [7, 11) is 2.12. The maximum Gasteiger partial charge on any atom is 0.191 e. The number of nitrogens with one attached hydrogen (secondary N) is 2. The van der Waals surface area contributed by atoms with Gasteiger partial charge in [-0.2, -0.15) is 0 Å². The molecule has 0 radical (unpaired) electrons. The highest BCUT2D eigenvalue weighted by molar-refractivity contribution is 5.79. The summed E-state index contributed by atoms with van der Waals surface area (Å²) >= 11 is 0. The third kappa shape index (κ3) is 6.87. The highest BCUT2D eigenvalue weighted by Crippen LogP contribution is 2.02. The summed E-state index contributed by atoms with van der Waals surface area (Å²) < 4.78 is 5.34. The first-order valence-corrected chi connectivity index (χ1v) is 8.55. The number of benzene rings is 1. The lowest BCUT2D eigenvalue weighted by Gasteiger charge is -2.16. The average molecular weight is 328 g/mol. The molecule has 0 saturated heterocycles. The van der Waals surface area contributed by atoms with Crippen molar-refractivity contribution < 1.29 is 4.42 Å². The number of hydrogen-bond donors (Lipinski definition) is 2. The Morgan fingerprint density at radius 2 is 1.96 bits per heavy atom. The molecule has 5 heteroatoms. The van der Waals surface area contributed by atoms with Gasteiger partial charge in [0.25, 0.3) is 0 Å². The van der Waals surface area contributed by atoms with Crippen LogP contribution in [0.2, 0.25) is 0 Å². The first-order valence-electron chi connectivity index (χ1n) is 8.55. The van der Waals surface area contributed by atoms with Crippen molar-refractivity contribution in [3.63, 3.8) is 0 Å². The van der Waals surface area contributed by atoms with Crippen LogP contribution in [0.15, 0.2) is 58.1 Å². The molecule has 0 aliphatic carbocycles. The number of likely N-dealkylation sites (N-methyl/N-ethyl adjacent to an activating group) is 1. The van der Waals surface area contributed by atoms with E-state index in [1.54, 1.807) is 6.26 Å². The predicted molar refractivity (Wildman–Crippen MR) is 99.2 cm³/mol. The Kier molecular flexibility index (Phi) is 7.90. The van der Waals surface area contributed by atoms with E-state index in [2.05, 4.69) is 58.8 Å². The Hall–Kier alpha value is -2.27. The number of aliphatic imine (C=N–C) groups is 1. The summed E-state index contributed by atoms with van der Waals surface area (Å²) in [6.07, 6.45) is 2.56. The Labute approximate surface area is 144 Å². The molecule has 2 N–H and O–H groups in total. The SMILES string of the molecule is CCNC(=NCCN(C)Cc1ccccc1)NCCc1ccco1. The minimum Gasteiger partial charge on any atom is -0.469 e. The molecular formula is C19H28N4O. The van der Waals surface area contributed by atoms with E-state index in [1.807, 2.05) is 18.2 Å². The van der Waals surface area contributed by atoms with Crippen LogP contribution in [0.4, 0.5) is 0 Å². The topological polar surface area (TPSA) is 52.8 Å². The Balaban J connectivity index is 1.71. The van der Waals surface area contributed by atoms with Crippen molar-refractivity contribution >= 4 is 5.96 Å². The highest BCUT2D eigenvalue weighted by Gasteiger charge is 2.01. The molecule has 1 aromatic heterocycles. The van der Waals surface area contributed by atoms with E-state index in [-0.39, 0.29) is 0 Å². The van der Waals surface area contributed by atoms with E-state index >= 15 is 0 Å². The van der Waals surface area contributed by atoms with Crippen molar-refractivity contribution in [3.8, 4) is 0 Å². The molecule has 1 aromatic carbocycles. The number of nitrogens with zero attached hydrogens (tertiary/aromatic N) is 2. The van der Waals surface area contributed by atoms with Crippen molar-refractivity contribution in [3.05, 3.63) is 60.1 Å². The fourth-order valence-electron chi connectivity index (χ4n) is 2.41. The van der Waals surface area contributed by atoms with E-state index in [4.69, 9.17) is 4.42 Å². The van der Waals surface area contributed by atoms with E-state index in [1.165, 1.54) is 5.56 Å². The fraction of sp³-hybridized carbons (Fsp3) is 0.421. The third-order valence-corrected chi connectivity index (χ3v) is 3.64. The van der Waals surface area contributed by atoms with Gasteiger partial charge in [-0.1, -0.05) is 30.3 Å². The molecule has 0 saturated carbocycles. The van der Waals surface area contributed by atoms with Gasteiger partial charge in [0.1, 0.15) is 5.76 Å². The van der Waals surface area contributed by atoms with Crippen molar-refractivity contribution in [2.75, 3.05) is 33.2 Å². The quantitative estimate of drug-likeness (QED) is 0.549. The van der Waals surface area contributed by atoms with Crippen LogP contribution >= 0.6 is 0 Å². The molecule has 5 nitrogen and oxygen atoms in total. The van der Waals surface area contributed by atoms with Crippen LogP contribution in [0.1, 0.15) is 18.2 Å². The first kappa shape index (κ1) is 18.1. The van der Waals surface area contributed by atoms with Crippen LogP contribution in [0, 0.1) is 0 Å². The Morgan fingerprint density at radius 3 is 2.67 bits per heavy atom. The number of rotatable bonds is 9. The van der Waals surface area contributed by atoms with Gasteiger partial charge < -0.3 is 20.0 Å². The summed E-state index contributed by atoms with van der Waals surface area (Å²) in [4.78, 5) is 6.92. The molecule has 0 aliphatic rings. The summed E-state index contributed by atoms with van der Waals surface area (Å²) in [6, 6.07) is 14.4. The summed E-state index contributed by atoms with van der Waals surface area (Å²) in [5.74, 6) is 1.85. The molecule has 0 spiro atoms. The smallest absolute Gasteiger partial charge is 0.191 e. The minimum absolute atomic E-state index is 0.763. The summed E-state index contributed by atoms with van der Waals surface area (Å²) in [6.45, 7) is 6.36. The molecule has 0 bridgehead atoms. The molecule has 1 heterocycles. The van der Waals surface area contributed by atoms with Crippen LogP contribution in [0.5, 0.6) is 0 Å². The van der Waals surface area contributed by atoms with Crippen LogP contribution in [-0.4, -0.2) is 44.1 Å². The van der Waals surface area contributed by atoms with E-state index in [0.717, 1.165) is 50.9 Å². The van der Waals surface area contributed by atoms with Crippen LogP contribution < -0.4 is 10.6 Å². The fourth-order valence-corrected chi connectivity index (χ4v) is 2.41. The largest absolute Gasteiger partial charge is 0.469 e. The van der Waals surface area contributed by atoms with Gasteiger partial charge in [-0.3, -0.25) is 4.99 Å². The molecule has 0 atom stereocenters. The Bertz CT molecular complexity index is 581. The van der Waals surface area contributed by atoms with Gasteiger partial charge in [-0.15, -0.1) is 0 Å². The lowest BCUT2D eigenvalue weighted by atomic mass is 10.2. The molecule has 2 aromatic rings. The maximum atomic E-state index is 5.34. The number of guanidine groups is 1. The maximum absolute atomic E-state index is 5.34. The second-order valence-corrected chi connectivity index (χ2v) is 5.74. The molecule has 0 unspecified atom stereocenters. The molecule has 0 aliphatic heterocycles. The van der Waals surface area contributed by atoms with Gasteiger partial charge in [0.2, 0.25) is 0 Å². The molecule has 130 valence electrons. The van der Waals surface area contributed by atoms with Gasteiger partial charge in [0, 0.05) is 32.6 Å². The minimum atomic E-state index is 0.763. The van der Waals surface area contributed by atoms with Crippen molar-refractivity contribution in [2.45, 2.75) is 19.9 Å². The zero-order chi connectivity index (χ0) is 17.0. The van der Waals surface area contributed by atoms with E-state index < -0.39 is 0 Å². The van der Waals surface area contributed by atoms with Crippen LogP contribution in [-0.2, 0) is 13.0 Å². The zero-order valence-electron chi connectivity index (χ0n) is 14.7. The second-order valence-electron chi connectivity index (χ2n) is 5.74. The number of hydrogen-bond acceptors (Lipinski definition) is 3. The number of furan rings is 1. The van der Waals surface area contributed by atoms with Crippen molar-refractivity contribution in [1.29, 1.82) is 0 Å². The van der Waals surface area contributed by atoms with E-state index in [9.17, 15) is 0 Å². The first-order chi connectivity index (χ1) is 11.8. The molecule has 0 amide bonds. The summed E-state index contributed by atoms with van der Waals surface area (Å²) in [5, 5.41) is 6.62. The standard InChI is InChI=1S/C19H28N4O/c1-3-20-19(21-12-11-18-10-7-15-24-18)22-13-14-23(2)16-17-8-5-4-6-9-17/h4-10,15H,3,11-14,16H2,1-2H3,(H2,20,21,22). The normalized spacial score (nSPS) is 11.7. The predicted octanol–water partition coefficient (Wildman–Crippen LogP) is 2.51. The monoisotopic (exact) mass is 328 g/mol. The van der Waals surface area contributed by atoms with Crippen molar-refractivity contribution in [2.24, 2.45) is 4.99 Å². The van der Waals surface area contributed by atoms with Gasteiger partial charge in [-0.25, -0.2) is 0 Å². The second kappa shape index (κ2) is 10.5. The Morgan fingerprint density at radius 1 is 1.12 bits per heavy atom. The molecule has 0 fully saturated rings. The van der Waals surface area contributed by atoms with Crippen molar-refractivity contribution in [1.82, 2.24) is 15.5 Å². The van der Waals surface area contributed by atoms with Crippen LogP contribution in [0.3, 0.4) is 0 Å². The van der Waals surface area contributed by atoms with Crippen LogP contribution in [0.25, 0.3) is 0 Å². The zero-order valence-corrected chi connectivity index (χ0v) is 14.7. The lowest BCUT2D eigenvalue weighted by molar-refractivity contribution is 0.336. The third-order valence-electron chi connectivity index (χ3n) is 3.64. The molecule has 24 heavy (non-hydrogen) atoms. The molecular weight excluding hydrogens is 300 g/mol. The van der Waals surface area contributed by atoms with Gasteiger partial charge >= 0.3 is 0 Å². The highest BCUT2D eigenvalue weighted by atomic mass is 16.3. The average Bonchev–Trinajstić information content (AvgIpc) is 3.09. The van der Waals surface area contributed by atoms with Gasteiger partial charge in [0.15, 0.2) is 5.96 Å². The lowest BCUT2D eigenvalue weighted by Crippen LogP contribution is -2.38. The van der Waals surface area contributed by atoms with E-state index in [0.29, 0.717) is 0 Å². The summed E-state index contributed by atoms with van der Waals surface area (Å²) in [5.41, 5.74) is 1.33.